The molecule has 0 aliphatic heterocycles. The fraction of sp³-hybridized carbons (Fsp3) is 0.444. The maximum Gasteiger partial charge on any atom is 0.166 e. The summed E-state index contributed by atoms with van der Waals surface area (Å²) < 4.78 is 7.24. The number of nitrogens with zero attached hydrogens (tertiary/aromatic N) is 2. The van der Waals surface area contributed by atoms with Gasteiger partial charge in [-0.3, -0.25) is 4.79 Å². The maximum atomic E-state index is 12.5. The summed E-state index contributed by atoms with van der Waals surface area (Å²) in [6.07, 6.45) is 1.51. The Hall–Kier alpha value is -2.10. The number of benzene rings is 1. The molecule has 1 unspecified atom stereocenters. The van der Waals surface area contributed by atoms with Gasteiger partial charge in [-0.15, -0.1) is 0 Å². The van der Waals surface area contributed by atoms with Crippen LogP contribution in [0.4, 0.5) is 0 Å². The summed E-state index contributed by atoms with van der Waals surface area (Å²) in [5, 5.41) is 4.76. The lowest BCUT2D eigenvalue weighted by atomic mass is 9.85. The molecule has 1 aliphatic carbocycles. The molecule has 0 fully saturated rings. The third kappa shape index (κ3) is 2.43. The van der Waals surface area contributed by atoms with Crippen LogP contribution in [0.3, 0.4) is 0 Å². The molecule has 116 valence electrons. The van der Waals surface area contributed by atoms with Crippen molar-refractivity contribution in [3.8, 4) is 11.4 Å². The fourth-order valence-electron chi connectivity index (χ4n) is 3.14. The molecule has 1 aliphatic rings. The van der Waals surface area contributed by atoms with Crippen molar-refractivity contribution in [1.29, 1.82) is 0 Å². The third-order valence-electron chi connectivity index (χ3n) is 4.21. The summed E-state index contributed by atoms with van der Waals surface area (Å²) in [7, 11) is 1.66. The van der Waals surface area contributed by atoms with Gasteiger partial charge in [-0.25, -0.2) is 4.68 Å². The van der Waals surface area contributed by atoms with E-state index in [2.05, 4.69) is 20.8 Å². The Morgan fingerprint density at radius 2 is 2.09 bits per heavy atom. The second kappa shape index (κ2) is 5.59. The lowest BCUT2D eigenvalue weighted by Crippen LogP contribution is -2.20. The summed E-state index contributed by atoms with van der Waals surface area (Å²) >= 11 is 0. The molecule has 4 nitrogen and oxygen atoms in total. The Morgan fingerprint density at radius 3 is 2.77 bits per heavy atom. The molecule has 0 spiro atoms. The Bertz CT molecular complexity index is 716. The summed E-state index contributed by atoms with van der Waals surface area (Å²) in [5.41, 5.74) is 3.75. The molecular weight excluding hydrogens is 276 g/mol. The highest BCUT2D eigenvalue weighted by atomic mass is 16.5. The highest BCUT2D eigenvalue weighted by molar-refractivity contribution is 5.99. The zero-order valence-corrected chi connectivity index (χ0v) is 13.6. The molecular formula is C18H22N2O2. The number of hydrogen-bond donors (Lipinski definition) is 0. The summed E-state index contributed by atoms with van der Waals surface area (Å²) in [6, 6.07) is 7.83. The van der Waals surface area contributed by atoms with E-state index >= 15 is 0 Å². The average molecular weight is 298 g/mol. The second-order valence-electron chi connectivity index (χ2n) is 6.41. The van der Waals surface area contributed by atoms with Crippen LogP contribution in [-0.4, -0.2) is 22.7 Å². The van der Waals surface area contributed by atoms with E-state index in [1.54, 1.807) is 7.11 Å². The van der Waals surface area contributed by atoms with E-state index < -0.39 is 0 Å². The molecule has 1 aromatic heterocycles. The van der Waals surface area contributed by atoms with Gasteiger partial charge >= 0.3 is 0 Å². The number of rotatable bonds is 3. The van der Waals surface area contributed by atoms with Crippen LogP contribution in [-0.2, 0) is 6.42 Å². The number of fused-ring (bicyclic) bond motifs is 1. The minimum absolute atomic E-state index is 0.228. The number of aromatic nitrogens is 2. The smallest absolute Gasteiger partial charge is 0.166 e. The predicted octanol–water partition coefficient (Wildman–Crippen LogP) is 3.77. The van der Waals surface area contributed by atoms with Crippen molar-refractivity contribution >= 4 is 5.78 Å². The molecule has 0 saturated heterocycles. The highest BCUT2D eigenvalue weighted by Gasteiger charge is 2.31. The molecule has 3 rings (SSSR count). The van der Waals surface area contributed by atoms with Gasteiger partial charge < -0.3 is 4.74 Å². The molecule has 0 amide bonds. The first kappa shape index (κ1) is 14.8. The number of methoxy groups -OCH3 is 1. The second-order valence-corrected chi connectivity index (χ2v) is 6.41. The predicted molar refractivity (Wildman–Crippen MR) is 86.0 cm³/mol. The first-order chi connectivity index (χ1) is 10.5. The summed E-state index contributed by atoms with van der Waals surface area (Å²) in [5.74, 6) is 1.62. The number of carbonyl (C=O) groups excluding carboxylic acids is 1. The fourth-order valence-corrected chi connectivity index (χ4v) is 3.14. The quantitative estimate of drug-likeness (QED) is 0.866. The van der Waals surface area contributed by atoms with Crippen molar-refractivity contribution in [2.45, 2.75) is 39.5 Å². The number of ketones is 1. The van der Waals surface area contributed by atoms with Gasteiger partial charge in [-0.05, 0) is 30.4 Å². The summed E-state index contributed by atoms with van der Waals surface area (Å²) in [6.45, 7) is 6.30. The molecule has 0 N–H and O–H groups in total. The molecule has 1 atom stereocenters. The Kier molecular flexibility index (Phi) is 3.77. The first-order valence-electron chi connectivity index (χ1n) is 7.80. The zero-order chi connectivity index (χ0) is 15.9. The molecule has 4 heteroatoms. The largest absolute Gasteiger partial charge is 0.497 e. The monoisotopic (exact) mass is 298 g/mol. The number of carbonyl (C=O) groups is 1. The highest BCUT2D eigenvalue weighted by Crippen LogP contribution is 2.33. The lowest BCUT2D eigenvalue weighted by molar-refractivity contribution is 0.0951. The molecule has 0 radical (unpaired) electrons. The van der Waals surface area contributed by atoms with Gasteiger partial charge in [0.15, 0.2) is 5.78 Å². The van der Waals surface area contributed by atoms with E-state index in [1.807, 2.05) is 28.9 Å². The van der Waals surface area contributed by atoms with Crippen molar-refractivity contribution in [2.75, 3.05) is 7.11 Å². The van der Waals surface area contributed by atoms with Gasteiger partial charge in [0, 0.05) is 12.5 Å². The Morgan fingerprint density at radius 1 is 1.32 bits per heavy atom. The van der Waals surface area contributed by atoms with Crippen molar-refractivity contribution in [1.82, 2.24) is 9.78 Å². The zero-order valence-electron chi connectivity index (χ0n) is 13.6. The lowest BCUT2D eigenvalue weighted by Gasteiger charge is -2.19. The van der Waals surface area contributed by atoms with Crippen LogP contribution >= 0.6 is 0 Å². The van der Waals surface area contributed by atoms with Gasteiger partial charge in [-0.1, -0.05) is 26.8 Å². The van der Waals surface area contributed by atoms with Crippen molar-refractivity contribution in [3.05, 3.63) is 41.2 Å². The van der Waals surface area contributed by atoms with Gasteiger partial charge in [0.1, 0.15) is 5.75 Å². The van der Waals surface area contributed by atoms with E-state index in [-0.39, 0.29) is 11.7 Å². The van der Waals surface area contributed by atoms with Crippen LogP contribution in [0.2, 0.25) is 0 Å². The molecule has 0 bridgehead atoms. The van der Waals surface area contributed by atoms with Gasteiger partial charge in [0.25, 0.3) is 0 Å². The number of Topliss-reactive ketones (excluding diaryl/α,β-unsaturated/α-hetero) is 1. The van der Waals surface area contributed by atoms with Crippen LogP contribution in [0, 0.1) is 5.92 Å². The summed E-state index contributed by atoms with van der Waals surface area (Å²) in [4.78, 5) is 12.5. The normalized spacial score (nSPS) is 17.7. The van der Waals surface area contributed by atoms with Crippen molar-refractivity contribution < 1.29 is 9.53 Å². The van der Waals surface area contributed by atoms with Gasteiger partial charge in [-0.2, -0.15) is 5.10 Å². The Balaban J connectivity index is 2.20. The molecule has 2 aromatic rings. The van der Waals surface area contributed by atoms with Crippen LogP contribution in [0.25, 0.3) is 5.69 Å². The van der Waals surface area contributed by atoms with Crippen molar-refractivity contribution in [2.24, 2.45) is 5.92 Å². The molecule has 0 saturated carbocycles. The standard InChI is InChI=1S/C18H22N2O2/c1-11(2)18-17-15(8-12(3)9-16(17)21)20(19-18)13-6-5-7-14(10-13)22-4/h5-7,10-12H,8-9H2,1-4H3. The Labute approximate surface area is 131 Å². The van der Waals surface area contributed by atoms with E-state index in [1.165, 1.54) is 0 Å². The minimum atomic E-state index is 0.228. The topological polar surface area (TPSA) is 44.1 Å². The number of ether oxygens (including phenoxy) is 1. The van der Waals surface area contributed by atoms with Crippen LogP contribution in [0.5, 0.6) is 5.75 Å². The van der Waals surface area contributed by atoms with Crippen LogP contribution in [0.1, 0.15) is 54.9 Å². The average Bonchev–Trinajstić information content (AvgIpc) is 2.87. The van der Waals surface area contributed by atoms with E-state index in [4.69, 9.17) is 9.84 Å². The first-order valence-corrected chi connectivity index (χ1v) is 7.80. The SMILES string of the molecule is COc1cccc(-n2nc(C(C)C)c3c2CC(C)CC3=O)c1. The molecule has 1 aromatic carbocycles. The number of hydrogen-bond acceptors (Lipinski definition) is 3. The van der Waals surface area contributed by atoms with Crippen molar-refractivity contribution in [3.63, 3.8) is 0 Å². The van der Waals surface area contributed by atoms with E-state index in [0.717, 1.165) is 34.8 Å². The maximum absolute atomic E-state index is 12.5. The van der Waals surface area contributed by atoms with Crippen LogP contribution in [0.15, 0.2) is 24.3 Å². The third-order valence-corrected chi connectivity index (χ3v) is 4.21. The molecule has 1 heterocycles. The van der Waals surface area contributed by atoms with Crippen LogP contribution < -0.4 is 4.74 Å². The van der Waals surface area contributed by atoms with E-state index in [9.17, 15) is 4.79 Å². The van der Waals surface area contributed by atoms with E-state index in [0.29, 0.717) is 12.3 Å². The van der Waals surface area contributed by atoms with Gasteiger partial charge in [0.2, 0.25) is 0 Å². The minimum Gasteiger partial charge on any atom is -0.497 e. The van der Waals surface area contributed by atoms with Gasteiger partial charge in [0.05, 0.1) is 29.7 Å². The molecule has 22 heavy (non-hydrogen) atoms.